The van der Waals surface area contributed by atoms with Crippen molar-refractivity contribution in [2.75, 3.05) is 25.0 Å². The highest BCUT2D eigenvalue weighted by atomic mass is 19.4. The summed E-state index contributed by atoms with van der Waals surface area (Å²) in [6.45, 7) is 1.62. The number of aryl methyl sites for hydroxylation is 1. The van der Waals surface area contributed by atoms with Crippen LogP contribution in [-0.4, -0.2) is 32.2 Å². The summed E-state index contributed by atoms with van der Waals surface area (Å²) in [5, 5.41) is 2.65. The quantitative estimate of drug-likeness (QED) is 0.906. The number of rotatable bonds is 2. The van der Waals surface area contributed by atoms with Crippen LogP contribution in [0.4, 0.5) is 18.9 Å². The Morgan fingerprint density at radius 2 is 2.00 bits per heavy atom. The van der Waals surface area contributed by atoms with Gasteiger partial charge in [0.2, 0.25) is 5.91 Å². The number of nitrogens with zero attached hydrogens (tertiary/aromatic N) is 1. The van der Waals surface area contributed by atoms with Crippen molar-refractivity contribution in [2.24, 2.45) is 5.41 Å². The third-order valence-corrected chi connectivity index (χ3v) is 3.89. The molecule has 0 bridgehead atoms. The Morgan fingerprint density at radius 1 is 1.35 bits per heavy atom. The highest BCUT2D eigenvalue weighted by Crippen LogP contribution is 2.44. The second-order valence-electron chi connectivity index (χ2n) is 5.16. The van der Waals surface area contributed by atoms with Crippen molar-refractivity contribution in [1.29, 1.82) is 0 Å². The first-order chi connectivity index (χ1) is 9.29. The van der Waals surface area contributed by atoms with Gasteiger partial charge in [0, 0.05) is 19.3 Å². The molecular weight excluding hydrogens is 269 g/mol. The number of nitrogens with one attached hydrogen (secondary N) is 1. The fourth-order valence-corrected chi connectivity index (χ4v) is 2.61. The molecule has 1 aromatic carbocycles. The molecule has 0 aromatic heterocycles. The molecule has 1 N–H and O–H groups in total. The van der Waals surface area contributed by atoms with Crippen molar-refractivity contribution in [1.82, 2.24) is 5.32 Å². The summed E-state index contributed by atoms with van der Waals surface area (Å²) < 4.78 is 40.1. The lowest BCUT2D eigenvalue weighted by Gasteiger charge is -2.34. The molecule has 6 heteroatoms. The van der Waals surface area contributed by atoms with Crippen LogP contribution in [0.15, 0.2) is 24.3 Å². The summed E-state index contributed by atoms with van der Waals surface area (Å²) in [5.74, 6) is -0.899. The Bertz CT molecular complexity index is 507. The van der Waals surface area contributed by atoms with Crippen LogP contribution in [0.2, 0.25) is 0 Å². The first-order valence-electron chi connectivity index (χ1n) is 6.41. The molecule has 1 atom stereocenters. The molecule has 0 aliphatic carbocycles. The summed E-state index contributed by atoms with van der Waals surface area (Å²) in [4.78, 5) is 13.6. The Hall–Kier alpha value is -1.56. The summed E-state index contributed by atoms with van der Waals surface area (Å²) >= 11 is 0. The third-order valence-electron chi connectivity index (χ3n) is 3.89. The van der Waals surface area contributed by atoms with Gasteiger partial charge in [0.15, 0.2) is 5.41 Å². The lowest BCUT2D eigenvalue weighted by atomic mass is 9.84. The van der Waals surface area contributed by atoms with E-state index < -0.39 is 17.5 Å². The predicted molar refractivity (Wildman–Crippen MR) is 70.6 cm³/mol. The molecule has 110 valence electrons. The lowest BCUT2D eigenvalue weighted by Crippen LogP contribution is -2.53. The van der Waals surface area contributed by atoms with E-state index in [1.165, 1.54) is 7.05 Å². The third kappa shape index (κ3) is 2.28. The van der Waals surface area contributed by atoms with Crippen LogP contribution in [-0.2, 0) is 4.79 Å². The van der Waals surface area contributed by atoms with Crippen molar-refractivity contribution in [3.63, 3.8) is 0 Å². The monoisotopic (exact) mass is 286 g/mol. The molecule has 0 radical (unpaired) electrons. The van der Waals surface area contributed by atoms with Gasteiger partial charge in [-0.2, -0.15) is 13.2 Å². The Balaban J connectivity index is 2.37. The maximum Gasteiger partial charge on any atom is 0.404 e. The zero-order valence-corrected chi connectivity index (χ0v) is 11.4. The van der Waals surface area contributed by atoms with Crippen molar-refractivity contribution < 1.29 is 18.0 Å². The van der Waals surface area contributed by atoms with Crippen LogP contribution in [0.3, 0.4) is 0 Å². The van der Waals surface area contributed by atoms with Gasteiger partial charge >= 0.3 is 6.18 Å². The van der Waals surface area contributed by atoms with Gasteiger partial charge in [-0.3, -0.25) is 4.79 Å². The van der Waals surface area contributed by atoms with Crippen molar-refractivity contribution in [3.05, 3.63) is 29.8 Å². The molecule has 1 aromatic rings. The average molecular weight is 286 g/mol. The van der Waals surface area contributed by atoms with Gasteiger partial charge in [-0.25, -0.2) is 0 Å². The van der Waals surface area contributed by atoms with Gasteiger partial charge in [0.05, 0.1) is 0 Å². The summed E-state index contributed by atoms with van der Waals surface area (Å²) in [7, 11) is 1.40. The molecule has 0 saturated carbocycles. The van der Waals surface area contributed by atoms with Gasteiger partial charge in [-0.1, -0.05) is 18.2 Å². The molecule has 20 heavy (non-hydrogen) atoms. The van der Waals surface area contributed by atoms with Crippen molar-refractivity contribution >= 4 is 11.6 Å². The maximum atomic E-state index is 13.4. The number of amides is 1. The zero-order valence-electron chi connectivity index (χ0n) is 11.4. The van der Waals surface area contributed by atoms with Crippen LogP contribution in [0.5, 0.6) is 0 Å². The minimum atomic E-state index is -4.55. The van der Waals surface area contributed by atoms with Crippen LogP contribution >= 0.6 is 0 Å². The van der Waals surface area contributed by atoms with E-state index in [9.17, 15) is 18.0 Å². The second-order valence-corrected chi connectivity index (χ2v) is 5.16. The van der Waals surface area contributed by atoms with E-state index in [2.05, 4.69) is 5.32 Å². The van der Waals surface area contributed by atoms with Crippen LogP contribution in [0.1, 0.15) is 12.0 Å². The summed E-state index contributed by atoms with van der Waals surface area (Å²) in [6, 6.07) is 6.92. The number of alkyl halides is 3. The van der Waals surface area contributed by atoms with Gasteiger partial charge in [0.1, 0.15) is 0 Å². The van der Waals surface area contributed by atoms with Crippen molar-refractivity contribution in [2.45, 2.75) is 19.5 Å². The topological polar surface area (TPSA) is 32.3 Å². The molecule has 3 nitrogen and oxygen atoms in total. The van der Waals surface area contributed by atoms with E-state index in [1.54, 1.807) is 31.2 Å². The average Bonchev–Trinajstić information content (AvgIpc) is 2.87. The number of hydrogen-bond acceptors (Lipinski definition) is 2. The molecule has 1 saturated heterocycles. The van der Waals surface area contributed by atoms with E-state index in [-0.39, 0.29) is 19.5 Å². The Kier molecular flexibility index (Phi) is 3.77. The first kappa shape index (κ1) is 14.8. The minimum absolute atomic E-state index is 0.201. The summed E-state index contributed by atoms with van der Waals surface area (Å²) in [6.07, 6.45) is -4.77. The fraction of sp³-hybridized carbons (Fsp3) is 0.500. The number of carbonyl (C=O) groups is 1. The van der Waals surface area contributed by atoms with E-state index in [4.69, 9.17) is 0 Å². The van der Waals surface area contributed by atoms with Crippen LogP contribution in [0.25, 0.3) is 0 Å². The normalized spacial score (nSPS) is 22.9. The molecule has 1 aliphatic rings. The number of benzene rings is 1. The zero-order chi connectivity index (χ0) is 15.0. The molecule has 1 unspecified atom stereocenters. The fourth-order valence-electron chi connectivity index (χ4n) is 2.61. The standard InChI is InChI=1S/C14H17F3N2O/c1-10-5-3-4-6-11(10)19(2)12(20)13(14(15,16)17)7-8-18-9-13/h3-6,18H,7-9H2,1-2H3. The smallest absolute Gasteiger partial charge is 0.315 e. The number of hydrogen-bond donors (Lipinski definition) is 1. The number of halogens is 3. The lowest BCUT2D eigenvalue weighted by molar-refractivity contribution is -0.214. The predicted octanol–water partition coefficient (Wildman–Crippen LogP) is 2.50. The maximum absolute atomic E-state index is 13.4. The van der Waals surface area contributed by atoms with Gasteiger partial charge in [-0.15, -0.1) is 0 Å². The molecule has 1 aliphatic heterocycles. The molecular formula is C14H17F3N2O. The van der Waals surface area contributed by atoms with E-state index in [1.807, 2.05) is 0 Å². The number of para-hydroxylation sites is 1. The largest absolute Gasteiger partial charge is 0.404 e. The number of carbonyl (C=O) groups excluding carboxylic acids is 1. The molecule has 1 heterocycles. The molecule has 1 amide bonds. The second kappa shape index (κ2) is 5.09. The van der Waals surface area contributed by atoms with Crippen LogP contribution < -0.4 is 10.2 Å². The SMILES string of the molecule is Cc1ccccc1N(C)C(=O)C1(C(F)(F)F)CCNC1. The van der Waals surface area contributed by atoms with Crippen LogP contribution in [0, 0.1) is 12.3 Å². The first-order valence-corrected chi connectivity index (χ1v) is 6.41. The highest BCUT2D eigenvalue weighted by Gasteiger charge is 2.62. The van der Waals surface area contributed by atoms with E-state index >= 15 is 0 Å². The van der Waals surface area contributed by atoms with E-state index in [0.29, 0.717) is 5.69 Å². The number of anilines is 1. The molecule has 1 fully saturated rings. The Labute approximate surface area is 115 Å². The van der Waals surface area contributed by atoms with Gasteiger partial charge in [0.25, 0.3) is 0 Å². The van der Waals surface area contributed by atoms with Gasteiger partial charge in [-0.05, 0) is 31.5 Å². The molecule has 0 spiro atoms. The van der Waals surface area contributed by atoms with Gasteiger partial charge < -0.3 is 10.2 Å². The summed E-state index contributed by atoms with van der Waals surface area (Å²) in [5.41, 5.74) is -1.04. The highest BCUT2D eigenvalue weighted by molar-refractivity contribution is 5.98. The van der Waals surface area contributed by atoms with Crippen molar-refractivity contribution in [3.8, 4) is 0 Å². The van der Waals surface area contributed by atoms with E-state index in [0.717, 1.165) is 10.5 Å². The Morgan fingerprint density at radius 3 is 2.50 bits per heavy atom. The minimum Gasteiger partial charge on any atom is -0.315 e. The molecule has 2 rings (SSSR count).